The van der Waals surface area contributed by atoms with Crippen molar-refractivity contribution in [1.29, 1.82) is 0 Å². The van der Waals surface area contributed by atoms with Gasteiger partial charge in [-0.2, -0.15) is 0 Å². The number of anilines is 1. The standard InChI is InChI=1S/C26H17FN2O/c27-23-16-7-6-15-22(23)25-28-24(26(30)29(25)20-12-2-1-3-13-20)17-19-11-8-10-18-9-4-5-14-21(18)19/h1-17H/b24-17+. The maximum absolute atomic E-state index is 14.6. The van der Waals surface area contributed by atoms with Crippen molar-refractivity contribution in [1.82, 2.24) is 0 Å². The van der Waals surface area contributed by atoms with E-state index in [-0.39, 0.29) is 23.0 Å². The number of nitrogens with zero attached hydrogens (tertiary/aromatic N) is 2. The molecule has 1 amide bonds. The number of amides is 1. The van der Waals surface area contributed by atoms with Crippen LogP contribution in [0, 0.1) is 5.82 Å². The quantitative estimate of drug-likeness (QED) is 0.405. The van der Waals surface area contributed by atoms with E-state index in [9.17, 15) is 9.18 Å². The van der Waals surface area contributed by atoms with E-state index < -0.39 is 5.82 Å². The van der Waals surface area contributed by atoms with Crippen LogP contribution in [0.2, 0.25) is 0 Å². The molecule has 0 radical (unpaired) electrons. The van der Waals surface area contributed by atoms with Gasteiger partial charge in [0.15, 0.2) is 5.84 Å². The monoisotopic (exact) mass is 392 g/mol. The molecule has 3 nitrogen and oxygen atoms in total. The lowest BCUT2D eigenvalue weighted by Crippen LogP contribution is -2.33. The third kappa shape index (κ3) is 3.08. The molecule has 4 heteroatoms. The zero-order valence-corrected chi connectivity index (χ0v) is 16.0. The van der Waals surface area contributed by atoms with E-state index >= 15 is 0 Å². The van der Waals surface area contributed by atoms with Gasteiger partial charge in [-0.1, -0.05) is 72.8 Å². The molecule has 0 fully saturated rings. The Labute approximate surface area is 173 Å². The minimum Gasteiger partial charge on any atom is -0.266 e. The summed E-state index contributed by atoms with van der Waals surface area (Å²) in [5.74, 6) is -0.417. The zero-order chi connectivity index (χ0) is 20.5. The topological polar surface area (TPSA) is 32.7 Å². The summed E-state index contributed by atoms with van der Waals surface area (Å²) in [6.45, 7) is 0. The van der Waals surface area contributed by atoms with Crippen LogP contribution in [-0.2, 0) is 4.79 Å². The van der Waals surface area contributed by atoms with E-state index in [2.05, 4.69) is 4.99 Å². The summed E-state index contributed by atoms with van der Waals surface area (Å²) in [4.78, 5) is 19.4. The molecule has 0 saturated carbocycles. The molecule has 1 aliphatic heterocycles. The number of halogens is 1. The van der Waals surface area contributed by atoms with Gasteiger partial charge in [-0.25, -0.2) is 9.38 Å². The van der Waals surface area contributed by atoms with Crippen molar-refractivity contribution in [3.8, 4) is 0 Å². The highest BCUT2D eigenvalue weighted by Crippen LogP contribution is 2.30. The first kappa shape index (κ1) is 18.0. The molecule has 4 aromatic carbocycles. The molecule has 1 heterocycles. The number of hydrogen-bond acceptors (Lipinski definition) is 2. The van der Waals surface area contributed by atoms with E-state index in [1.807, 2.05) is 72.8 Å². The van der Waals surface area contributed by atoms with Crippen molar-refractivity contribution in [3.05, 3.63) is 120 Å². The second-order valence-electron chi connectivity index (χ2n) is 6.99. The van der Waals surface area contributed by atoms with Gasteiger partial charge in [-0.3, -0.25) is 9.69 Å². The van der Waals surface area contributed by atoms with E-state index in [1.54, 1.807) is 24.3 Å². The molecule has 0 unspecified atom stereocenters. The van der Waals surface area contributed by atoms with Gasteiger partial charge in [0.1, 0.15) is 11.5 Å². The molecule has 1 aliphatic rings. The first-order valence-electron chi connectivity index (χ1n) is 9.65. The molecule has 5 rings (SSSR count). The minimum atomic E-state index is -0.420. The Morgan fingerprint density at radius 2 is 1.47 bits per heavy atom. The lowest BCUT2D eigenvalue weighted by Gasteiger charge is -2.18. The predicted octanol–water partition coefficient (Wildman–Crippen LogP) is 5.81. The number of aliphatic imine (C=N–C) groups is 1. The molecular weight excluding hydrogens is 375 g/mol. The highest BCUT2D eigenvalue weighted by atomic mass is 19.1. The number of hydrogen-bond donors (Lipinski definition) is 0. The Balaban J connectivity index is 1.69. The second kappa shape index (κ2) is 7.41. The van der Waals surface area contributed by atoms with Gasteiger partial charge in [0, 0.05) is 0 Å². The van der Waals surface area contributed by atoms with Crippen LogP contribution in [0.25, 0.3) is 16.8 Å². The van der Waals surface area contributed by atoms with Crippen molar-refractivity contribution >= 4 is 34.3 Å². The summed E-state index contributed by atoms with van der Waals surface area (Å²) < 4.78 is 14.6. The molecule has 0 spiro atoms. The van der Waals surface area contributed by atoms with Gasteiger partial charge < -0.3 is 0 Å². The maximum atomic E-state index is 14.6. The van der Waals surface area contributed by atoms with E-state index in [0.717, 1.165) is 16.3 Å². The normalized spacial score (nSPS) is 15.1. The van der Waals surface area contributed by atoms with Crippen LogP contribution in [0.15, 0.2) is 108 Å². The molecule has 0 bridgehead atoms. The fourth-order valence-corrected chi connectivity index (χ4v) is 3.68. The Bertz CT molecular complexity index is 1320. The molecule has 0 N–H and O–H groups in total. The SMILES string of the molecule is O=C1/C(=C\c2cccc3ccccc23)N=C(c2ccccc2F)N1c1ccccc1. The van der Waals surface area contributed by atoms with Crippen LogP contribution in [0.1, 0.15) is 11.1 Å². The average Bonchev–Trinajstić information content (AvgIpc) is 3.10. The highest BCUT2D eigenvalue weighted by Gasteiger charge is 2.33. The van der Waals surface area contributed by atoms with Gasteiger partial charge in [0.25, 0.3) is 5.91 Å². The molecule has 0 aliphatic carbocycles. The van der Waals surface area contributed by atoms with Crippen molar-refractivity contribution in [3.63, 3.8) is 0 Å². The van der Waals surface area contributed by atoms with Crippen molar-refractivity contribution in [2.24, 2.45) is 4.99 Å². The highest BCUT2D eigenvalue weighted by molar-refractivity contribution is 6.33. The Hall–Kier alpha value is -4.05. The van der Waals surface area contributed by atoms with Gasteiger partial charge in [0.2, 0.25) is 0 Å². The first-order valence-corrected chi connectivity index (χ1v) is 9.65. The average molecular weight is 392 g/mol. The molecule has 4 aromatic rings. The summed E-state index contributed by atoms with van der Waals surface area (Å²) in [6, 6.07) is 29.5. The third-order valence-electron chi connectivity index (χ3n) is 5.11. The molecule has 0 aromatic heterocycles. The van der Waals surface area contributed by atoms with E-state index in [0.29, 0.717) is 5.69 Å². The summed E-state index contributed by atoms with van der Waals surface area (Å²) in [5, 5.41) is 2.11. The second-order valence-corrected chi connectivity index (χ2v) is 6.99. The van der Waals surface area contributed by atoms with Crippen molar-refractivity contribution in [2.45, 2.75) is 0 Å². The third-order valence-corrected chi connectivity index (χ3v) is 5.11. The van der Waals surface area contributed by atoms with Crippen LogP contribution in [-0.4, -0.2) is 11.7 Å². The first-order chi connectivity index (χ1) is 14.7. The fourth-order valence-electron chi connectivity index (χ4n) is 3.68. The van der Waals surface area contributed by atoms with Gasteiger partial charge in [-0.15, -0.1) is 0 Å². The Morgan fingerprint density at radius 3 is 2.30 bits per heavy atom. The smallest absolute Gasteiger partial charge is 0.266 e. The number of para-hydroxylation sites is 1. The number of rotatable bonds is 3. The summed E-state index contributed by atoms with van der Waals surface area (Å²) in [7, 11) is 0. The summed E-state index contributed by atoms with van der Waals surface area (Å²) in [5.41, 5.74) is 2.10. The number of carbonyl (C=O) groups is 1. The van der Waals surface area contributed by atoms with Crippen molar-refractivity contribution < 1.29 is 9.18 Å². The Kier molecular flexibility index (Phi) is 4.45. The van der Waals surface area contributed by atoms with Crippen LogP contribution < -0.4 is 4.90 Å². The maximum Gasteiger partial charge on any atom is 0.282 e. The number of fused-ring (bicyclic) bond motifs is 1. The van der Waals surface area contributed by atoms with Gasteiger partial charge in [0.05, 0.1) is 11.3 Å². The predicted molar refractivity (Wildman–Crippen MR) is 119 cm³/mol. The summed E-state index contributed by atoms with van der Waals surface area (Å²) >= 11 is 0. The minimum absolute atomic E-state index is 0.272. The van der Waals surface area contributed by atoms with Gasteiger partial charge >= 0.3 is 0 Å². The lowest BCUT2D eigenvalue weighted by molar-refractivity contribution is -0.113. The zero-order valence-electron chi connectivity index (χ0n) is 16.0. The molecular formula is C26H17FN2O. The molecule has 0 atom stereocenters. The molecule has 0 saturated heterocycles. The number of amidine groups is 1. The number of carbonyl (C=O) groups excluding carboxylic acids is 1. The van der Waals surface area contributed by atoms with Gasteiger partial charge in [-0.05, 0) is 46.7 Å². The summed E-state index contributed by atoms with van der Waals surface area (Å²) in [6.07, 6.45) is 1.77. The van der Waals surface area contributed by atoms with E-state index in [4.69, 9.17) is 0 Å². The lowest BCUT2D eigenvalue weighted by atomic mass is 10.0. The molecule has 30 heavy (non-hydrogen) atoms. The number of benzene rings is 4. The van der Waals surface area contributed by atoms with Crippen LogP contribution in [0.3, 0.4) is 0 Å². The Morgan fingerprint density at radius 1 is 0.767 bits per heavy atom. The van der Waals surface area contributed by atoms with Crippen LogP contribution in [0.4, 0.5) is 10.1 Å². The largest absolute Gasteiger partial charge is 0.282 e. The fraction of sp³-hybridized carbons (Fsp3) is 0. The molecule has 144 valence electrons. The van der Waals surface area contributed by atoms with Crippen LogP contribution in [0.5, 0.6) is 0 Å². The van der Waals surface area contributed by atoms with E-state index in [1.165, 1.54) is 11.0 Å². The van der Waals surface area contributed by atoms with Crippen LogP contribution >= 0.6 is 0 Å². The van der Waals surface area contributed by atoms with Crippen molar-refractivity contribution in [2.75, 3.05) is 4.90 Å².